The molecule has 0 radical (unpaired) electrons. The number of nitrogens with zero attached hydrogens (tertiary/aromatic N) is 3. The van der Waals surface area contributed by atoms with Crippen molar-refractivity contribution in [3.05, 3.63) is 34.9 Å². The number of halogens is 2. The van der Waals surface area contributed by atoms with Crippen molar-refractivity contribution in [2.75, 3.05) is 52.9 Å². The van der Waals surface area contributed by atoms with Crippen LogP contribution >= 0.6 is 35.6 Å². The summed E-state index contributed by atoms with van der Waals surface area (Å²) in [5, 5.41) is 7.80. The van der Waals surface area contributed by atoms with E-state index >= 15 is 0 Å². The largest absolute Gasteiger partial charge is 0.356 e. The van der Waals surface area contributed by atoms with Gasteiger partial charge in [-0.2, -0.15) is 0 Å². The second-order valence-electron chi connectivity index (χ2n) is 8.60. The van der Waals surface area contributed by atoms with Gasteiger partial charge in [0.05, 0.1) is 0 Å². The van der Waals surface area contributed by atoms with Crippen LogP contribution in [0.1, 0.15) is 33.3 Å². The van der Waals surface area contributed by atoms with Crippen LogP contribution in [0.3, 0.4) is 0 Å². The van der Waals surface area contributed by atoms with Gasteiger partial charge in [-0.05, 0) is 43.0 Å². The van der Waals surface area contributed by atoms with E-state index in [0.29, 0.717) is 6.04 Å². The Bertz CT molecular complexity index is 629. The first-order chi connectivity index (χ1) is 13.3. The molecule has 0 spiro atoms. The predicted octanol–water partition coefficient (Wildman–Crippen LogP) is 3.72. The smallest absolute Gasteiger partial charge is 0.191 e. The van der Waals surface area contributed by atoms with Crippen LogP contribution in [-0.2, 0) is 6.42 Å². The summed E-state index contributed by atoms with van der Waals surface area (Å²) in [6.45, 7) is 16.6. The van der Waals surface area contributed by atoms with Gasteiger partial charge in [-0.25, -0.2) is 0 Å². The molecule has 1 heterocycles. The molecule has 0 amide bonds. The summed E-state index contributed by atoms with van der Waals surface area (Å²) in [7, 11) is 1.84. The van der Waals surface area contributed by atoms with Crippen LogP contribution in [0.25, 0.3) is 0 Å². The number of aliphatic imine (C=N–C) groups is 1. The fourth-order valence-corrected chi connectivity index (χ4v) is 3.91. The molecule has 1 fully saturated rings. The lowest BCUT2D eigenvalue weighted by molar-refractivity contribution is 0.107. The van der Waals surface area contributed by atoms with E-state index in [4.69, 9.17) is 11.6 Å². The number of guanidine groups is 1. The van der Waals surface area contributed by atoms with Crippen LogP contribution in [0, 0.1) is 5.41 Å². The number of benzene rings is 1. The van der Waals surface area contributed by atoms with Gasteiger partial charge in [0.1, 0.15) is 0 Å². The molecule has 1 unspecified atom stereocenters. The molecule has 1 saturated heterocycles. The third-order valence-corrected chi connectivity index (χ3v) is 5.81. The Morgan fingerprint density at radius 3 is 2.48 bits per heavy atom. The number of hydrogen-bond donors (Lipinski definition) is 2. The third kappa shape index (κ3) is 9.40. The zero-order valence-electron chi connectivity index (χ0n) is 18.7. The Morgan fingerprint density at radius 2 is 1.90 bits per heavy atom. The SMILES string of the molecule is CCN1CCN(C(C)CNC(=NC)NCC(C)(C)Cc2cccc(Cl)c2)CC1.I. The molecule has 1 aromatic carbocycles. The van der Waals surface area contributed by atoms with E-state index in [1.807, 2.05) is 19.2 Å². The van der Waals surface area contributed by atoms with Crippen LogP contribution in [0.5, 0.6) is 0 Å². The highest BCUT2D eigenvalue weighted by molar-refractivity contribution is 14.0. The lowest BCUT2D eigenvalue weighted by Gasteiger charge is -2.37. The zero-order valence-corrected chi connectivity index (χ0v) is 21.8. The fourth-order valence-electron chi connectivity index (χ4n) is 3.70. The number of likely N-dealkylation sites (N-methyl/N-ethyl adjacent to an activating group) is 1. The Kier molecular flexibility index (Phi) is 11.8. The summed E-state index contributed by atoms with van der Waals surface area (Å²) in [6, 6.07) is 8.63. The maximum atomic E-state index is 6.12. The second-order valence-corrected chi connectivity index (χ2v) is 9.03. The second kappa shape index (κ2) is 13.0. The maximum Gasteiger partial charge on any atom is 0.191 e. The summed E-state index contributed by atoms with van der Waals surface area (Å²) in [4.78, 5) is 9.48. The summed E-state index contributed by atoms with van der Waals surface area (Å²) in [6.07, 6.45) is 0.968. The first kappa shape index (κ1) is 26.5. The molecule has 1 aliphatic rings. The van der Waals surface area contributed by atoms with Gasteiger partial charge >= 0.3 is 0 Å². The standard InChI is InChI=1S/C22H38ClN5.HI/c1-6-27-10-12-28(13-11-27)18(2)16-25-21(24-5)26-17-22(3,4)15-19-8-7-9-20(23)14-19;/h7-9,14,18H,6,10-13,15-17H2,1-5H3,(H2,24,25,26);1H. The lowest BCUT2D eigenvalue weighted by Crippen LogP contribution is -2.53. The van der Waals surface area contributed by atoms with E-state index in [2.05, 4.69) is 65.3 Å². The van der Waals surface area contributed by atoms with Crippen LogP contribution in [0.2, 0.25) is 5.02 Å². The van der Waals surface area contributed by atoms with E-state index in [0.717, 1.165) is 50.1 Å². The Hall–Kier alpha value is -0.570. The molecule has 1 aromatic rings. The first-order valence-corrected chi connectivity index (χ1v) is 10.9. The van der Waals surface area contributed by atoms with E-state index < -0.39 is 0 Å². The van der Waals surface area contributed by atoms with Crippen molar-refractivity contribution in [2.24, 2.45) is 10.4 Å². The zero-order chi connectivity index (χ0) is 20.6. The van der Waals surface area contributed by atoms with Crippen LogP contribution in [0.4, 0.5) is 0 Å². The van der Waals surface area contributed by atoms with Crippen molar-refractivity contribution in [2.45, 2.75) is 40.2 Å². The van der Waals surface area contributed by atoms with Crippen molar-refractivity contribution >= 4 is 41.5 Å². The van der Waals surface area contributed by atoms with E-state index in [9.17, 15) is 0 Å². The minimum Gasteiger partial charge on any atom is -0.356 e. The van der Waals surface area contributed by atoms with Crippen LogP contribution in [-0.4, -0.2) is 74.7 Å². The summed E-state index contributed by atoms with van der Waals surface area (Å²) in [5.41, 5.74) is 1.37. The van der Waals surface area contributed by atoms with Crippen molar-refractivity contribution < 1.29 is 0 Å². The average molecular weight is 536 g/mol. The molecule has 2 N–H and O–H groups in total. The van der Waals surface area contributed by atoms with Gasteiger partial charge in [0, 0.05) is 57.4 Å². The molecule has 0 saturated carbocycles. The van der Waals surface area contributed by atoms with Gasteiger partial charge in [-0.3, -0.25) is 9.89 Å². The third-order valence-electron chi connectivity index (χ3n) is 5.57. The van der Waals surface area contributed by atoms with Gasteiger partial charge in [-0.15, -0.1) is 24.0 Å². The highest BCUT2D eigenvalue weighted by Gasteiger charge is 2.21. The monoisotopic (exact) mass is 535 g/mol. The molecular weight excluding hydrogens is 497 g/mol. The molecule has 7 heteroatoms. The first-order valence-electron chi connectivity index (χ1n) is 10.5. The number of piperazine rings is 1. The quantitative estimate of drug-likeness (QED) is 0.303. The minimum atomic E-state index is 0. The number of rotatable bonds is 8. The average Bonchev–Trinajstić information content (AvgIpc) is 2.67. The Labute approximate surface area is 199 Å². The van der Waals surface area contributed by atoms with Crippen LogP contribution < -0.4 is 10.6 Å². The highest BCUT2D eigenvalue weighted by atomic mass is 127. The number of nitrogens with one attached hydrogen (secondary N) is 2. The maximum absolute atomic E-state index is 6.12. The molecular formula is C22H39ClIN5. The fraction of sp³-hybridized carbons (Fsp3) is 0.682. The Morgan fingerprint density at radius 1 is 1.21 bits per heavy atom. The van der Waals surface area contributed by atoms with Crippen molar-refractivity contribution in [3.8, 4) is 0 Å². The van der Waals surface area contributed by atoms with Crippen molar-refractivity contribution in [3.63, 3.8) is 0 Å². The van der Waals surface area contributed by atoms with Gasteiger partial charge in [0.2, 0.25) is 0 Å². The molecule has 5 nitrogen and oxygen atoms in total. The van der Waals surface area contributed by atoms with Gasteiger partial charge < -0.3 is 15.5 Å². The van der Waals surface area contributed by atoms with Crippen LogP contribution in [0.15, 0.2) is 29.3 Å². The number of hydrogen-bond acceptors (Lipinski definition) is 3. The molecule has 29 heavy (non-hydrogen) atoms. The Balaban J connectivity index is 0.00000420. The van der Waals surface area contributed by atoms with E-state index in [1.165, 1.54) is 18.7 Å². The van der Waals surface area contributed by atoms with Crippen molar-refractivity contribution in [1.82, 2.24) is 20.4 Å². The summed E-state index contributed by atoms with van der Waals surface area (Å²) in [5.74, 6) is 0.873. The molecule has 0 aliphatic carbocycles. The molecule has 1 aliphatic heterocycles. The highest BCUT2D eigenvalue weighted by Crippen LogP contribution is 2.22. The normalized spacial score (nSPS) is 17.5. The predicted molar refractivity (Wildman–Crippen MR) is 137 cm³/mol. The minimum absolute atomic E-state index is 0. The molecule has 0 bridgehead atoms. The molecule has 0 aromatic heterocycles. The summed E-state index contributed by atoms with van der Waals surface area (Å²) >= 11 is 6.12. The van der Waals surface area contributed by atoms with E-state index in [1.54, 1.807) is 0 Å². The van der Waals surface area contributed by atoms with Gasteiger partial charge in [0.15, 0.2) is 5.96 Å². The molecule has 1 atom stereocenters. The molecule has 166 valence electrons. The van der Waals surface area contributed by atoms with Crippen molar-refractivity contribution in [1.29, 1.82) is 0 Å². The molecule has 2 rings (SSSR count). The lowest BCUT2D eigenvalue weighted by atomic mass is 9.86. The topological polar surface area (TPSA) is 42.9 Å². The summed E-state index contributed by atoms with van der Waals surface area (Å²) < 4.78 is 0. The van der Waals surface area contributed by atoms with E-state index in [-0.39, 0.29) is 29.4 Å². The van der Waals surface area contributed by atoms with Gasteiger partial charge in [-0.1, -0.05) is 44.5 Å². The van der Waals surface area contributed by atoms with Gasteiger partial charge in [0.25, 0.3) is 0 Å².